The van der Waals surface area contributed by atoms with Crippen molar-refractivity contribution in [3.05, 3.63) is 47.0 Å². The lowest BCUT2D eigenvalue weighted by atomic mass is 10.1. The molecule has 0 aliphatic heterocycles. The Kier molecular flexibility index (Phi) is 4.95. The molecule has 2 amide bonds. The average Bonchev–Trinajstić information content (AvgIpc) is 2.47. The highest BCUT2D eigenvalue weighted by Crippen LogP contribution is 2.37. The third kappa shape index (κ3) is 4.20. The van der Waals surface area contributed by atoms with E-state index in [-0.39, 0.29) is 5.69 Å². The molecule has 0 radical (unpaired) electrons. The molecular formula is C15H15ClN2O4. The summed E-state index contributed by atoms with van der Waals surface area (Å²) < 4.78 is 0. The van der Waals surface area contributed by atoms with Crippen LogP contribution in [0.1, 0.15) is 5.56 Å². The van der Waals surface area contributed by atoms with Crippen molar-refractivity contribution >= 4 is 23.3 Å². The number of phenols is 3. The van der Waals surface area contributed by atoms with Gasteiger partial charge in [0, 0.05) is 23.7 Å². The number of hydrogen-bond acceptors (Lipinski definition) is 4. The molecule has 6 nitrogen and oxygen atoms in total. The predicted molar refractivity (Wildman–Crippen MR) is 83.6 cm³/mol. The van der Waals surface area contributed by atoms with Crippen LogP contribution in [0.2, 0.25) is 5.02 Å². The third-order valence-electron chi connectivity index (χ3n) is 2.94. The summed E-state index contributed by atoms with van der Waals surface area (Å²) in [5, 5.41) is 33.6. The molecule has 0 aliphatic rings. The zero-order chi connectivity index (χ0) is 16.1. The number of urea groups is 1. The first-order valence-corrected chi connectivity index (χ1v) is 6.88. The van der Waals surface area contributed by atoms with E-state index in [1.54, 1.807) is 12.1 Å². The standard InChI is InChI=1S/C15H15ClN2O4/c16-10-3-1-9(2-4-10)5-6-17-15(22)18-11-7-12(19)14(21)13(20)8-11/h1-4,7-8,19-21H,5-6H2,(H2,17,18,22). The van der Waals surface area contributed by atoms with E-state index in [0.717, 1.165) is 17.7 Å². The summed E-state index contributed by atoms with van der Waals surface area (Å²) in [4.78, 5) is 11.7. The van der Waals surface area contributed by atoms with Crippen LogP contribution in [0.15, 0.2) is 36.4 Å². The Balaban J connectivity index is 1.84. The fourth-order valence-electron chi connectivity index (χ4n) is 1.82. The molecule has 0 unspecified atom stereocenters. The van der Waals surface area contributed by atoms with Crippen LogP contribution in [0.25, 0.3) is 0 Å². The van der Waals surface area contributed by atoms with Crippen molar-refractivity contribution in [2.75, 3.05) is 11.9 Å². The van der Waals surface area contributed by atoms with E-state index in [2.05, 4.69) is 10.6 Å². The quantitative estimate of drug-likeness (QED) is 0.441. The van der Waals surface area contributed by atoms with Crippen LogP contribution in [-0.4, -0.2) is 27.9 Å². The number of carbonyl (C=O) groups is 1. The van der Waals surface area contributed by atoms with Gasteiger partial charge in [0.25, 0.3) is 0 Å². The number of phenolic OH excluding ortho intramolecular Hbond substituents is 3. The fraction of sp³-hybridized carbons (Fsp3) is 0.133. The maximum Gasteiger partial charge on any atom is 0.319 e. The van der Waals surface area contributed by atoms with E-state index in [9.17, 15) is 20.1 Å². The summed E-state index contributed by atoms with van der Waals surface area (Å²) in [6.07, 6.45) is 0.636. The highest BCUT2D eigenvalue weighted by atomic mass is 35.5. The molecule has 0 spiro atoms. The fourth-order valence-corrected chi connectivity index (χ4v) is 1.95. The smallest absolute Gasteiger partial charge is 0.319 e. The summed E-state index contributed by atoms with van der Waals surface area (Å²) >= 11 is 5.78. The van der Waals surface area contributed by atoms with Crippen molar-refractivity contribution in [3.8, 4) is 17.2 Å². The van der Waals surface area contributed by atoms with Gasteiger partial charge in [-0.25, -0.2) is 4.79 Å². The number of hydrogen-bond donors (Lipinski definition) is 5. The number of amides is 2. The van der Waals surface area contributed by atoms with Crippen molar-refractivity contribution in [1.82, 2.24) is 5.32 Å². The van der Waals surface area contributed by atoms with Gasteiger partial charge in [0.2, 0.25) is 0 Å². The van der Waals surface area contributed by atoms with Gasteiger partial charge < -0.3 is 26.0 Å². The third-order valence-corrected chi connectivity index (χ3v) is 3.19. The topological polar surface area (TPSA) is 102 Å². The Morgan fingerprint density at radius 3 is 2.23 bits per heavy atom. The molecule has 2 aromatic carbocycles. The zero-order valence-electron chi connectivity index (χ0n) is 11.5. The first-order chi connectivity index (χ1) is 10.5. The molecule has 5 N–H and O–H groups in total. The van der Waals surface area contributed by atoms with Crippen molar-refractivity contribution in [1.29, 1.82) is 0 Å². The molecule has 0 bridgehead atoms. The molecule has 0 aliphatic carbocycles. The Morgan fingerprint density at radius 1 is 1.05 bits per heavy atom. The van der Waals surface area contributed by atoms with E-state index in [1.807, 2.05) is 12.1 Å². The van der Waals surface area contributed by atoms with E-state index < -0.39 is 23.3 Å². The Hall–Kier alpha value is -2.60. The molecule has 116 valence electrons. The second-order valence-corrected chi connectivity index (χ2v) is 5.06. The van der Waals surface area contributed by atoms with Gasteiger partial charge in [0.15, 0.2) is 17.2 Å². The highest BCUT2D eigenvalue weighted by Gasteiger charge is 2.09. The maximum atomic E-state index is 11.7. The van der Waals surface area contributed by atoms with Crippen LogP contribution in [0.3, 0.4) is 0 Å². The number of halogens is 1. The van der Waals surface area contributed by atoms with Gasteiger partial charge in [-0.2, -0.15) is 0 Å². The zero-order valence-corrected chi connectivity index (χ0v) is 12.3. The maximum absolute atomic E-state index is 11.7. The molecule has 0 atom stereocenters. The van der Waals surface area contributed by atoms with Gasteiger partial charge in [0.1, 0.15) is 0 Å². The molecule has 22 heavy (non-hydrogen) atoms. The average molecular weight is 323 g/mol. The summed E-state index contributed by atoms with van der Waals surface area (Å²) in [5.74, 6) is -1.67. The van der Waals surface area contributed by atoms with Crippen molar-refractivity contribution < 1.29 is 20.1 Å². The van der Waals surface area contributed by atoms with E-state index in [1.165, 1.54) is 0 Å². The van der Waals surface area contributed by atoms with Crippen molar-refractivity contribution in [2.45, 2.75) is 6.42 Å². The molecule has 0 heterocycles. The monoisotopic (exact) mass is 322 g/mol. The molecule has 2 aromatic rings. The number of anilines is 1. The van der Waals surface area contributed by atoms with Crippen molar-refractivity contribution in [2.24, 2.45) is 0 Å². The predicted octanol–water partition coefficient (Wildman–Crippen LogP) is 2.82. The largest absolute Gasteiger partial charge is 0.504 e. The number of aromatic hydroxyl groups is 3. The van der Waals surface area contributed by atoms with Gasteiger partial charge in [-0.3, -0.25) is 0 Å². The number of carbonyl (C=O) groups excluding carboxylic acids is 1. The summed E-state index contributed by atoms with van der Waals surface area (Å²) in [7, 11) is 0. The summed E-state index contributed by atoms with van der Waals surface area (Å²) in [5.41, 5.74) is 1.20. The highest BCUT2D eigenvalue weighted by molar-refractivity contribution is 6.30. The lowest BCUT2D eigenvalue weighted by molar-refractivity contribution is 0.252. The van der Waals surface area contributed by atoms with Gasteiger partial charge in [0.05, 0.1) is 5.69 Å². The SMILES string of the molecule is O=C(NCCc1ccc(Cl)cc1)Nc1cc(O)c(O)c(O)c1. The molecule has 0 saturated carbocycles. The van der Waals surface area contributed by atoms with Crippen LogP contribution in [0.4, 0.5) is 10.5 Å². The van der Waals surface area contributed by atoms with Gasteiger partial charge in [-0.05, 0) is 24.1 Å². The van der Waals surface area contributed by atoms with Gasteiger partial charge >= 0.3 is 6.03 Å². The van der Waals surface area contributed by atoms with Crippen LogP contribution in [0, 0.1) is 0 Å². The first kappa shape index (κ1) is 15.8. The minimum Gasteiger partial charge on any atom is -0.504 e. The minimum absolute atomic E-state index is 0.164. The Labute approximate surface area is 132 Å². The molecular weight excluding hydrogens is 308 g/mol. The van der Waals surface area contributed by atoms with Crippen LogP contribution in [-0.2, 0) is 6.42 Å². The molecule has 0 saturated heterocycles. The minimum atomic E-state index is -0.631. The summed E-state index contributed by atoms with van der Waals surface area (Å²) in [6, 6.07) is 9.08. The number of nitrogens with one attached hydrogen (secondary N) is 2. The molecule has 0 fully saturated rings. The van der Waals surface area contributed by atoms with Gasteiger partial charge in [-0.15, -0.1) is 0 Å². The van der Waals surface area contributed by atoms with Crippen LogP contribution >= 0.6 is 11.6 Å². The van der Waals surface area contributed by atoms with E-state index in [0.29, 0.717) is 18.0 Å². The van der Waals surface area contributed by atoms with Crippen LogP contribution in [0.5, 0.6) is 17.2 Å². The number of benzene rings is 2. The van der Waals surface area contributed by atoms with E-state index >= 15 is 0 Å². The van der Waals surface area contributed by atoms with Gasteiger partial charge in [-0.1, -0.05) is 23.7 Å². The van der Waals surface area contributed by atoms with Crippen molar-refractivity contribution in [3.63, 3.8) is 0 Å². The van der Waals surface area contributed by atoms with E-state index in [4.69, 9.17) is 11.6 Å². The first-order valence-electron chi connectivity index (χ1n) is 6.50. The Morgan fingerprint density at radius 2 is 1.64 bits per heavy atom. The summed E-state index contributed by atoms with van der Waals surface area (Å²) in [6.45, 7) is 0.406. The second kappa shape index (κ2) is 6.91. The molecule has 0 aromatic heterocycles. The second-order valence-electron chi connectivity index (χ2n) is 4.62. The number of rotatable bonds is 4. The molecule has 2 rings (SSSR count). The Bertz CT molecular complexity index is 651. The van der Waals surface area contributed by atoms with Crippen LogP contribution < -0.4 is 10.6 Å². The normalized spacial score (nSPS) is 10.2. The lowest BCUT2D eigenvalue weighted by Gasteiger charge is -2.09. The molecule has 7 heteroatoms. The lowest BCUT2D eigenvalue weighted by Crippen LogP contribution is -2.30.